The third kappa shape index (κ3) is 6.27. The molecule has 192 valence electrons. The van der Waals surface area contributed by atoms with E-state index in [-0.39, 0.29) is 18.4 Å². The zero-order chi connectivity index (χ0) is 26.2. The largest absolute Gasteiger partial charge is 0.497 e. The molecule has 0 aromatic heterocycles. The van der Waals surface area contributed by atoms with Crippen molar-refractivity contribution >= 4 is 23.6 Å². The number of rotatable bonds is 8. The SMILES string of the molecule is COc1ccc(NC(=O)[C@H](c2ccccc2)N(C)C(=O)[C@H]2CCCN2C(=O)OCc2ccccc2)cc1. The first-order chi connectivity index (χ1) is 18.0. The second-order valence-corrected chi connectivity index (χ2v) is 8.87. The molecule has 0 bridgehead atoms. The minimum atomic E-state index is -0.890. The van der Waals surface area contributed by atoms with Gasteiger partial charge in [-0.05, 0) is 48.2 Å². The Bertz CT molecular complexity index is 1200. The Morgan fingerprint density at radius 1 is 0.973 bits per heavy atom. The van der Waals surface area contributed by atoms with Crippen LogP contribution in [-0.4, -0.2) is 54.5 Å². The lowest BCUT2D eigenvalue weighted by atomic mass is 10.0. The van der Waals surface area contributed by atoms with Gasteiger partial charge < -0.3 is 19.7 Å². The first-order valence-electron chi connectivity index (χ1n) is 12.2. The van der Waals surface area contributed by atoms with Crippen molar-refractivity contribution in [3.8, 4) is 5.75 Å². The third-order valence-corrected chi connectivity index (χ3v) is 6.43. The van der Waals surface area contributed by atoms with Gasteiger partial charge in [-0.15, -0.1) is 0 Å². The van der Waals surface area contributed by atoms with Crippen molar-refractivity contribution < 1.29 is 23.9 Å². The quantitative estimate of drug-likeness (QED) is 0.486. The van der Waals surface area contributed by atoms with E-state index >= 15 is 0 Å². The van der Waals surface area contributed by atoms with Gasteiger partial charge in [-0.1, -0.05) is 60.7 Å². The van der Waals surface area contributed by atoms with Crippen LogP contribution in [0.15, 0.2) is 84.9 Å². The number of ether oxygens (including phenoxy) is 2. The Labute approximate surface area is 216 Å². The average molecular weight is 502 g/mol. The molecular formula is C29H31N3O5. The topological polar surface area (TPSA) is 88.2 Å². The van der Waals surface area contributed by atoms with Crippen LogP contribution in [0.3, 0.4) is 0 Å². The predicted octanol–water partition coefficient (Wildman–Crippen LogP) is 4.63. The van der Waals surface area contributed by atoms with Crippen molar-refractivity contribution in [1.82, 2.24) is 9.80 Å². The first-order valence-corrected chi connectivity index (χ1v) is 12.2. The maximum atomic E-state index is 13.7. The molecule has 0 unspecified atom stereocenters. The van der Waals surface area contributed by atoms with E-state index in [2.05, 4.69) is 5.32 Å². The van der Waals surface area contributed by atoms with E-state index in [4.69, 9.17) is 9.47 Å². The summed E-state index contributed by atoms with van der Waals surface area (Å²) in [6.07, 6.45) is 0.649. The van der Waals surface area contributed by atoms with Gasteiger partial charge in [-0.3, -0.25) is 14.5 Å². The van der Waals surface area contributed by atoms with Crippen LogP contribution < -0.4 is 10.1 Å². The molecule has 3 aromatic carbocycles. The number of carbonyl (C=O) groups excluding carboxylic acids is 3. The summed E-state index contributed by atoms with van der Waals surface area (Å²) in [6.45, 7) is 0.551. The number of benzene rings is 3. The predicted molar refractivity (Wildman–Crippen MR) is 140 cm³/mol. The number of hydrogen-bond acceptors (Lipinski definition) is 5. The Kier molecular flexibility index (Phi) is 8.40. The monoisotopic (exact) mass is 501 g/mol. The molecule has 0 aliphatic carbocycles. The summed E-state index contributed by atoms with van der Waals surface area (Å²) in [5.41, 5.74) is 2.12. The Morgan fingerprint density at radius 2 is 1.62 bits per heavy atom. The fraction of sp³-hybridized carbons (Fsp3) is 0.276. The summed E-state index contributed by atoms with van der Waals surface area (Å²) in [5, 5.41) is 2.90. The van der Waals surface area contributed by atoms with Crippen molar-refractivity contribution in [2.24, 2.45) is 0 Å². The smallest absolute Gasteiger partial charge is 0.410 e. The van der Waals surface area contributed by atoms with Gasteiger partial charge in [0.2, 0.25) is 5.91 Å². The van der Waals surface area contributed by atoms with Gasteiger partial charge in [0.05, 0.1) is 7.11 Å². The van der Waals surface area contributed by atoms with Crippen molar-refractivity contribution in [3.05, 3.63) is 96.1 Å². The number of nitrogens with one attached hydrogen (secondary N) is 1. The van der Waals surface area contributed by atoms with E-state index in [9.17, 15) is 14.4 Å². The lowest BCUT2D eigenvalue weighted by Crippen LogP contribution is -2.49. The van der Waals surface area contributed by atoms with Crippen LogP contribution >= 0.6 is 0 Å². The van der Waals surface area contributed by atoms with Crippen LogP contribution in [0.4, 0.5) is 10.5 Å². The van der Waals surface area contributed by atoms with Gasteiger partial charge in [0, 0.05) is 19.3 Å². The number of methoxy groups -OCH3 is 1. The molecule has 8 heteroatoms. The molecule has 0 spiro atoms. The molecule has 1 N–H and O–H groups in total. The van der Waals surface area contributed by atoms with Crippen molar-refractivity contribution in [2.75, 3.05) is 26.0 Å². The molecule has 4 rings (SSSR count). The molecular weight excluding hydrogens is 470 g/mol. The highest BCUT2D eigenvalue weighted by atomic mass is 16.6. The molecule has 8 nitrogen and oxygen atoms in total. The number of likely N-dealkylation sites (N-methyl/N-ethyl adjacent to an activating group) is 1. The molecule has 0 radical (unpaired) electrons. The highest BCUT2D eigenvalue weighted by Gasteiger charge is 2.40. The van der Waals surface area contributed by atoms with Crippen LogP contribution in [0.5, 0.6) is 5.75 Å². The van der Waals surface area contributed by atoms with Crippen LogP contribution in [0.2, 0.25) is 0 Å². The van der Waals surface area contributed by atoms with E-state index in [1.54, 1.807) is 38.4 Å². The summed E-state index contributed by atoms with van der Waals surface area (Å²) >= 11 is 0. The van der Waals surface area contributed by atoms with E-state index in [1.165, 1.54) is 9.80 Å². The third-order valence-electron chi connectivity index (χ3n) is 6.43. The highest BCUT2D eigenvalue weighted by Crippen LogP contribution is 2.27. The zero-order valence-electron chi connectivity index (χ0n) is 21.0. The molecule has 1 aliphatic heterocycles. The molecule has 3 amide bonds. The maximum absolute atomic E-state index is 13.7. The molecule has 37 heavy (non-hydrogen) atoms. The van der Waals surface area contributed by atoms with Crippen molar-refractivity contribution in [2.45, 2.75) is 31.5 Å². The van der Waals surface area contributed by atoms with E-state index < -0.39 is 18.2 Å². The van der Waals surface area contributed by atoms with Crippen LogP contribution in [0.25, 0.3) is 0 Å². The highest BCUT2D eigenvalue weighted by molar-refractivity contribution is 5.99. The van der Waals surface area contributed by atoms with E-state index in [0.29, 0.717) is 36.4 Å². The minimum absolute atomic E-state index is 0.129. The number of hydrogen-bond donors (Lipinski definition) is 1. The number of carbonyl (C=O) groups is 3. The molecule has 3 aromatic rings. The Balaban J connectivity index is 1.49. The van der Waals surface area contributed by atoms with Crippen molar-refractivity contribution in [3.63, 3.8) is 0 Å². The molecule has 1 aliphatic rings. The van der Waals surface area contributed by atoms with Crippen LogP contribution in [-0.2, 0) is 20.9 Å². The summed E-state index contributed by atoms with van der Waals surface area (Å²) in [5.74, 6) is 0.00157. The molecule has 2 atom stereocenters. The van der Waals surface area contributed by atoms with Gasteiger partial charge in [0.1, 0.15) is 24.4 Å². The van der Waals surface area contributed by atoms with Crippen LogP contribution in [0.1, 0.15) is 30.0 Å². The molecule has 1 heterocycles. The summed E-state index contributed by atoms with van der Waals surface area (Å²) in [6, 6.07) is 23.9. The van der Waals surface area contributed by atoms with Crippen LogP contribution in [0, 0.1) is 0 Å². The van der Waals surface area contributed by atoms with Gasteiger partial charge in [-0.2, -0.15) is 0 Å². The number of nitrogens with zero attached hydrogens (tertiary/aromatic N) is 2. The number of amides is 3. The summed E-state index contributed by atoms with van der Waals surface area (Å²) < 4.78 is 10.7. The lowest BCUT2D eigenvalue weighted by Gasteiger charge is -2.32. The maximum Gasteiger partial charge on any atom is 0.410 e. The zero-order valence-corrected chi connectivity index (χ0v) is 21.0. The van der Waals surface area contributed by atoms with Gasteiger partial charge in [0.15, 0.2) is 0 Å². The normalized spacial score (nSPS) is 15.5. The van der Waals surface area contributed by atoms with Gasteiger partial charge >= 0.3 is 6.09 Å². The minimum Gasteiger partial charge on any atom is -0.497 e. The lowest BCUT2D eigenvalue weighted by molar-refractivity contribution is -0.140. The first kappa shape index (κ1) is 25.8. The fourth-order valence-corrected chi connectivity index (χ4v) is 4.48. The second kappa shape index (κ2) is 12.1. The Hall–Kier alpha value is -4.33. The van der Waals surface area contributed by atoms with E-state index in [1.807, 2.05) is 60.7 Å². The summed E-state index contributed by atoms with van der Waals surface area (Å²) in [4.78, 5) is 42.9. The van der Waals surface area contributed by atoms with Gasteiger partial charge in [-0.25, -0.2) is 4.79 Å². The number of anilines is 1. The average Bonchev–Trinajstić information content (AvgIpc) is 3.43. The van der Waals surface area contributed by atoms with Gasteiger partial charge in [0.25, 0.3) is 5.91 Å². The molecule has 0 saturated carbocycles. The standard InChI is InChI=1S/C29H31N3O5/c1-31(28(34)25-14-9-19-32(25)29(35)37-20-21-10-5-3-6-11-21)26(22-12-7-4-8-13-22)27(33)30-23-15-17-24(36-2)18-16-23/h3-8,10-13,15-18,25-26H,9,14,19-20H2,1-2H3,(H,30,33)/t25-,26+/m1/s1. The summed E-state index contributed by atoms with van der Waals surface area (Å²) in [7, 11) is 3.17. The second-order valence-electron chi connectivity index (χ2n) is 8.87. The van der Waals surface area contributed by atoms with E-state index in [0.717, 1.165) is 5.56 Å². The number of likely N-dealkylation sites (tertiary alicyclic amines) is 1. The molecule has 1 fully saturated rings. The molecule has 1 saturated heterocycles. The van der Waals surface area contributed by atoms with Crippen molar-refractivity contribution in [1.29, 1.82) is 0 Å². The Morgan fingerprint density at radius 3 is 2.27 bits per heavy atom. The fourth-order valence-electron chi connectivity index (χ4n) is 4.48.